The van der Waals surface area contributed by atoms with Crippen molar-refractivity contribution in [2.24, 2.45) is 0 Å². The van der Waals surface area contributed by atoms with Gasteiger partial charge in [0, 0.05) is 20.8 Å². The van der Waals surface area contributed by atoms with Gasteiger partial charge in [0.2, 0.25) is 3.79 Å². The van der Waals surface area contributed by atoms with Crippen LogP contribution in [0.3, 0.4) is 0 Å². The van der Waals surface area contributed by atoms with E-state index in [9.17, 15) is 24.0 Å². The summed E-state index contributed by atoms with van der Waals surface area (Å²) in [5, 5.41) is 5.13. The first kappa shape index (κ1) is 40.8. The zero-order valence-electron chi connectivity index (χ0n) is 26.5. The molecule has 1 heterocycles. The van der Waals surface area contributed by atoms with Gasteiger partial charge in [0.1, 0.15) is 32.0 Å². The van der Waals surface area contributed by atoms with Gasteiger partial charge in [0.05, 0.1) is 25.9 Å². The number of carbonyl (C=O) groups excluding carboxylic acids is 5. The van der Waals surface area contributed by atoms with Gasteiger partial charge in [-0.3, -0.25) is 14.4 Å². The van der Waals surface area contributed by atoms with Crippen LogP contribution in [0, 0.1) is 0 Å². The third kappa shape index (κ3) is 16.2. The molecule has 1 fully saturated rings. The Kier molecular flexibility index (Phi) is 17.8. The first-order valence-corrected chi connectivity index (χ1v) is 15.7. The van der Waals surface area contributed by atoms with E-state index in [1.807, 2.05) is 30.3 Å². The van der Waals surface area contributed by atoms with E-state index in [4.69, 9.17) is 72.7 Å². The molecule has 1 saturated heterocycles. The normalized spacial score (nSPS) is 21.2. The van der Waals surface area contributed by atoms with Crippen LogP contribution < -0.4 is 10.6 Å². The maximum Gasteiger partial charge on any atom is 0.407 e. The molecule has 48 heavy (non-hydrogen) atoms. The highest BCUT2D eigenvalue weighted by Gasteiger charge is 2.52. The van der Waals surface area contributed by atoms with Gasteiger partial charge in [-0.25, -0.2) is 9.59 Å². The average molecular weight is 742 g/mol. The second kappa shape index (κ2) is 20.9. The minimum Gasteiger partial charge on any atom is -0.463 e. The molecule has 268 valence electrons. The van der Waals surface area contributed by atoms with Crippen molar-refractivity contribution in [1.82, 2.24) is 10.6 Å². The lowest BCUT2D eigenvalue weighted by molar-refractivity contribution is -0.277. The number of amides is 2. The van der Waals surface area contributed by atoms with E-state index in [2.05, 4.69) is 17.2 Å². The number of rotatable bonds is 17. The van der Waals surface area contributed by atoms with E-state index in [0.29, 0.717) is 0 Å². The maximum atomic E-state index is 12.8. The third-order valence-corrected chi connectivity index (χ3v) is 6.51. The van der Waals surface area contributed by atoms with Crippen LogP contribution >= 0.6 is 34.8 Å². The number of halogens is 3. The third-order valence-electron chi connectivity index (χ3n) is 6.19. The molecule has 0 aliphatic carbocycles. The molecule has 1 aliphatic heterocycles. The summed E-state index contributed by atoms with van der Waals surface area (Å²) in [7, 11) is 0. The van der Waals surface area contributed by atoms with Gasteiger partial charge >= 0.3 is 30.1 Å². The standard InChI is InChI=1S/C30H39Cl3N2O13/c1-5-12-43-28(39)34-22(15-41-14-21-9-7-6-8-10-21)11-13-42-27-24(35-29(40)45-17-30(31,32)33)26(47-20(4)38)25(46-19(3)37)23(48-27)16-44-18(2)36/h5-10,22-27H,1,11-17H2,2-4H3,(H,34,39)(H,35,40)/t22-,23+,24+,25+,26+,27+/m0/s1. The van der Waals surface area contributed by atoms with E-state index >= 15 is 0 Å². The van der Waals surface area contributed by atoms with Crippen molar-refractivity contribution < 1.29 is 61.9 Å². The van der Waals surface area contributed by atoms with E-state index in [0.717, 1.165) is 26.3 Å². The van der Waals surface area contributed by atoms with Crippen molar-refractivity contribution in [3.63, 3.8) is 0 Å². The monoisotopic (exact) mass is 740 g/mol. The van der Waals surface area contributed by atoms with Gasteiger partial charge in [0.15, 0.2) is 18.5 Å². The Morgan fingerprint density at radius 1 is 0.938 bits per heavy atom. The number of esters is 3. The van der Waals surface area contributed by atoms with Gasteiger partial charge in [-0.1, -0.05) is 77.8 Å². The van der Waals surface area contributed by atoms with Crippen molar-refractivity contribution in [3.8, 4) is 0 Å². The molecule has 15 nitrogen and oxygen atoms in total. The van der Waals surface area contributed by atoms with Crippen LogP contribution in [0.25, 0.3) is 0 Å². The highest BCUT2D eigenvalue weighted by molar-refractivity contribution is 6.67. The van der Waals surface area contributed by atoms with Gasteiger partial charge in [-0.05, 0) is 12.0 Å². The number of alkyl halides is 3. The van der Waals surface area contributed by atoms with Crippen molar-refractivity contribution in [2.75, 3.05) is 33.0 Å². The summed E-state index contributed by atoms with van der Waals surface area (Å²) in [4.78, 5) is 61.0. The van der Waals surface area contributed by atoms with Crippen LogP contribution in [0.4, 0.5) is 9.59 Å². The number of ether oxygens (including phenoxy) is 8. The van der Waals surface area contributed by atoms with Crippen molar-refractivity contribution >= 4 is 64.9 Å². The SMILES string of the molecule is C=CCOC(=O)N[C@@H](CCO[C@@H]1O[C@H](COC(C)=O)[C@@H](OC(C)=O)[C@H](OC(C)=O)[C@H]1NC(=O)OCC(Cl)(Cl)Cl)COCc1ccccc1. The van der Waals surface area contributed by atoms with E-state index in [-0.39, 0.29) is 32.8 Å². The van der Waals surface area contributed by atoms with Crippen LogP contribution in [0.2, 0.25) is 0 Å². The number of nitrogens with one attached hydrogen (secondary N) is 2. The summed E-state index contributed by atoms with van der Waals surface area (Å²) in [6.07, 6.45) is -5.80. The number of alkyl carbamates (subject to hydrolysis) is 2. The van der Waals surface area contributed by atoms with Gasteiger partial charge in [-0.2, -0.15) is 0 Å². The largest absolute Gasteiger partial charge is 0.463 e. The predicted molar refractivity (Wildman–Crippen MR) is 170 cm³/mol. The van der Waals surface area contributed by atoms with Crippen LogP contribution in [0.1, 0.15) is 32.8 Å². The molecule has 1 aliphatic rings. The summed E-state index contributed by atoms with van der Waals surface area (Å²) < 4.78 is 41.8. The fourth-order valence-electron chi connectivity index (χ4n) is 4.28. The molecule has 0 radical (unpaired) electrons. The van der Waals surface area contributed by atoms with Crippen LogP contribution in [0.15, 0.2) is 43.0 Å². The molecule has 2 rings (SSSR count). The quantitative estimate of drug-likeness (QED) is 0.103. The molecule has 18 heteroatoms. The first-order valence-electron chi connectivity index (χ1n) is 14.6. The minimum absolute atomic E-state index is 0.0255. The smallest absolute Gasteiger partial charge is 0.407 e. The van der Waals surface area contributed by atoms with Gasteiger partial charge < -0.3 is 48.5 Å². The summed E-state index contributed by atoms with van der Waals surface area (Å²) in [6, 6.07) is 7.34. The molecule has 6 atom stereocenters. The van der Waals surface area contributed by atoms with Crippen LogP contribution in [0.5, 0.6) is 0 Å². The zero-order valence-corrected chi connectivity index (χ0v) is 28.8. The van der Waals surface area contributed by atoms with E-state index in [1.54, 1.807) is 0 Å². The van der Waals surface area contributed by atoms with Gasteiger partial charge in [-0.15, -0.1) is 0 Å². The number of carbonyl (C=O) groups is 5. The second-order valence-electron chi connectivity index (χ2n) is 10.2. The lowest BCUT2D eigenvalue weighted by Gasteiger charge is -2.44. The summed E-state index contributed by atoms with van der Waals surface area (Å²) in [6.45, 7) is 5.91. The molecular formula is C30H39Cl3N2O13. The lowest BCUT2D eigenvalue weighted by Crippen LogP contribution is -2.67. The van der Waals surface area contributed by atoms with Crippen molar-refractivity contribution in [3.05, 3.63) is 48.6 Å². The fraction of sp³-hybridized carbons (Fsp3) is 0.567. The first-order chi connectivity index (χ1) is 22.7. The molecule has 2 N–H and O–H groups in total. The van der Waals surface area contributed by atoms with E-state index < -0.39 is 83.8 Å². The lowest BCUT2D eigenvalue weighted by atomic mass is 9.96. The Morgan fingerprint density at radius 2 is 1.60 bits per heavy atom. The Balaban J connectivity index is 2.30. The summed E-state index contributed by atoms with van der Waals surface area (Å²) in [5.41, 5.74) is 0.908. The molecule has 0 unspecified atom stereocenters. The molecule has 0 saturated carbocycles. The highest BCUT2D eigenvalue weighted by atomic mass is 35.6. The number of benzene rings is 1. The number of hydrogen-bond acceptors (Lipinski definition) is 13. The topological polar surface area (TPSA) is 183 Å². The highest BCUT2D eigenvalue weighted by Crippen LogP contribution is 2.29. The maximum absolute atomic E-state index is 12.8. The molecule has 2 amide bonds. The average Bonchev–Trinajstić information content (AvgIpc) is 3.00. The molecule has 0 bridgehead atoms. The Bertz CT molecular complexity index is 1220. The molecule has 0 spiro atoms. The van der Waals surface area contributed by atoms with Crippen molar-refractivity contribution in [1.29, 1.82) is 0 Å². The Hall–Kier alpha value is -3.34. The Labute approximate surface area is 292 Å². The van der Waals surface area contributed by atoms with Gasteiger partial charge in [0.25, 0.3) is 0 Å². The molecular weight excluding hydrogens is 703 g/mol. The van der Waals surface area contributed by atoms with Crippen molar-refractivity contribution in [2.45, 2.75) is 74.3 Å². The number of hydrogen-bond donors (Lipinski definition) is 2. The second-order valence-corrected chi connectivity index (χ2v) is 12.8. The Morgan fingerprint density at radius 3 is 2.21 bits per heavy atom. The van der Waals surface area contributed by atoms with Crippen LogP contribution in [-0.4, -0.2) is 104 Å². The molecule has 1 aromatic carbocycles. The minimum atomic E-state index is -1.95. The molecule has 0 aromatic heterocycles. The fourth-order valence-corrected chi connectivity index (χ4v) is 4.45. The predicted octanol–water partition coefficient (Wildman–Crippen LogP) is 3.51. The zero-order chi connectivity index (χ0) is 35.7. The van der Waals surface area contributed by atoms with E-state index in [1.165, 1.54) is 6.08 Å². The molecule has 1 aromatic rings. The van der Waals surface area contributed by atoms with Crippen LogP contribution in [-0.2, 0) is 58.9 Å². The summed E-state index contributed by atoms with van der Waals surface area (Å²) >= 11 is 17.1. The summed E-state index contributed by atoms with van der Waals surface area (Å²) in [5.74, 6) is -2.29.